The van der Waals surface area contributed by atoms with Gasteiger partial charge in [0.25, 0.3) is 0 Å². The second-order valence-corrected chi connectivity index (χ2v) is 8.54. The SMILES string of the molecule is CCCCCC1CCC(c2ccc(-c3ccc(OCCC)c(F)c3F)cc2F)CC1. The molecule has 0 N–H and O–H groups in total. The Morgan fingerprint density at radius 1 is 0.867 bits per heavy atom. The molecule has 4 heteroatoms. The summed E-state index contributed by atoms with van der Waals surface area (Å²) < 4.78 is 49.0. The van der Waals surface area contributed by atoms with Gasteiger partial charge >= 0.3 is 0 Å². The third kappa shape index (κ3) is 5.39. The third-order valence-corrected chi connectivity index (χ3v) is 6.32. The van der Waals surface area contributed by atoms with E-state index in [9.17, 15) is 13.2 Å². The lowest BCUT2D eigenvalue weighted by molar-refractivity contribution is 0.295. The van der Waals surface area contributed by atoms with E-state index in [-0.39, 0.29) is 23.0 Å². The number of ether oxygens (including phenoxy) is 1. The monoisotopic (exact) mass is 418 g/mol. The zero-order valence-corrected chi connectivity index (χ0v) is 18.2. The molecule has 164 valence electrons. The molecule has 1 aliphatic carbocycles. The maximum absolute atomic E-state index is 14.9. The van der Waals surface area contributed by atoms with Gasteiger partial charge in [-0.05, 0) is 73.3 Å². The molecule has 0 amide bonds. The van der Waals surface area contributed by atoms with Gasteiger partial charge in [-0.2, -0.15) is 4.39 Å². The summed E-state index contributed by atoms with van der Waals surface area (Å²) in [7, 11) is 0. The van der Waals surface area contributed by atoms with Crippen LogP contribution in [0.15, 0.2) is 30.3 Å². The number of unbranched alkanes of at least 4 members (excludes halogenated alkanes) is 2. The van der Waals surface area contributed by atoms with Crippen molar-refractivity contribution in [2.45, 2.75) is 77.6 Å². The number of benzene rings is 2. The number of hydrogen-bond acceptors (Lipinski definition) is 1. The molecule has 0 bridgehead atoms. The van der Waals surface area contributed by atoms with Crippen LogP contribution in [0.2, 0.25) is 0 Å². The van der Waals surface area contributed by atoms with Crippen molar-refractivity contribution >= 4 is 0 Å². The van der Waals surface area contributed by atoms with Crippen LogP contribution in [0.1, 0.15) is 83.1 Å². The van der Waals surface area contributed by atoms with Gasteiger partial charge in [-0.25, -0.2) is 8.78 Å². The fourth-order valence-corrected chi connectivity index (χ4v) is 4.55. The van der Waals surface area contributed by atoms with E-state index < -0.39 is 11.6 Å². The van der Waals surface area contributed by atoms with Gasteiger partial charge in [-0.3, -0.25) is 0 Å². The molecule has 0 radical (unpaired) electrons. The first kappa shape index (κ1) is 22.7. The van der Waals surface area contributed by atoms with Gasteiger partial charge in [0.15, 0.2) is 11.6 Å². The fourth-order valence-electron chi connectivity index (χ4n) is 4.55. The molecule has 3 rings (SSSR count). The van der Waals surface area contributed by atoms with Crippen molar-refractivity contribution in [3.05, 3.63) is 53.3 Å². The van der Waals surface area contributed by atoms with Gasteiger partial charge in [0, 0.05) is 5.56 Å². The Morgan fingerprint density at radius 2 is 1.63 bits per heavy atom. The minimum atomic E-state index is -1.02. The Balaban J connectivity index is 1.70. The van der Waals surface area contributed by atoms with Gasteiger partial charge in [0.2, 0.25) is 5.82 Å². The van der Waals surface area contributed by atoms with Crippen LogP contribution >= 0.6 is 0 Å². The van der Waals surface area contributed by atoms with E-state index in [2.05, 4.69) is 6.92 Å². The van der Waals surface area contributed by atoms with E-state index >= 15 is 0 Å². The van der Waals surface area contributed by atoms with Crippen molar-refractivity contribution in [2.75, 3.05) is 6.61 Å². The standard InChI is InChI=1S/C26H33F3O/c1-3-5-6-7-18-8-10-19(11-9-18)21-13-12-20(17-23(21)27)22-14-15-24(30-16-4-2)26(29)25(22)28/h12-15,17-19H,3-11,16H2,1-2H3. The summed E-state index contributed by atoms with van der Waals surface area (Å²) in [6.07, 6.45) is 10.1. The predicted molar refractivity (Wildman–Crippen MR) is 116 cm³/mol. The molecule has 30 heavy (non-hydrogen) atoms. The quantitative estimate of drug-likeness (QED) is 0.371. The van der Waals surface area contributed by atoms with E-state index in [0.717, 1.165) is 31.6 Å². The Bertz CT molecular complexity index is 825. The van der Waals surface area contributed by atoms with Crippen LogP contribution in [-0.4, -0.2) is 6.61 Å². The number of rotatable bonds is 9. The zero-order chi connectivity index (χ0) is 21.5. The summed E-state index contributed by atoms with van der Waals surface area (Å²) in [5.41, 5.74) is 1.11. The van der Waals surface area contributed by atoms with E-state index in [1.165, 1.54) is 43.9 Å². The van der Waals surface area contributed by atoms with Crippen molar-refractivity contribution < 1.29 is 17.9 Å². The van der Waals surface area contributed by atoms with Gasteiger partial charge in [-0.1, -0.05) is 51.7 Å². The van der Waals surface area contributed by atoms with Crippen LogP contribution in [0, 0.1) is 23.4 Å². The summed E-state index contributed by atoms with van der Waals surface area (Å²) in [5, 5.41) is 0. The van der Waals surface area contributed by atoms with E-state index in [1.54, 1.807) is 12.1 Å². The molecule has 0 atom stereocenters. The minimum Gasteiger partial charge on any atom is -0.490 e. The molecule has 2 aromatic carbocycles. The van der Waals surface area contributed by atoms with Crippen LogP contribution in [0.5, 0.6) is 5.75 Å². The van der Waals surface area contributed by atoms with E-state index in [4.69, 9.17) is 4.74 Å². The lowest BCUT2D eigenvalue weighted by Crippen LogP contribution is -2.14. The van der Waals surface area contributed by atoms with Crippen LogP contribution in [-0.2, 0) is 0 Å². The smallest absolute Gasteiger partial charge is 0.201 e. The van der Waals surface area contributed by atoms with Gasteiger partial charge in [-0.15, -0.1) is 0 Å². The van der Waals surface area contributed by atoms with Gasteiger partial charge in [0.05, 0.1) is 6.61 Å². The average Bonchev–Trinajstić information content (AvgIpc) is 2.75. The molecule has 1 nitrogen and oxygen atoms in total. The lowest BCUT2D eigenvalue weighted by atomic mass is 9.76. The molecule has 0 aromatic heterocycles. The van der Waals surface area contributed by atoms with Crippen molar-refractivity contribution in [3.8, 4) is 16.9 Å². The summed E-state index contributed by atoms with van der Waals surface area (Å²) >= 11 is 0. The van der Waals surface area contributed by atoms with Crippen LogP contribution in [0.4, 0.5) is 13.2 Å². The fraction of sp³-hybridized carbons (Fsp3) is 0.538. The highest BCUT2D eigenvalue weighted by atomic mass is 19.2. The maximum atomic E-state index is 14.9. The summed E-state index contributed by atoms with van der Waals surface area (Å²) in [4.78, 5) is 0. The molecule has 0 heterocycles. The zero-order valence-electron chi connectivity index (χ0n) is 18.2. The Kier molecular flexibility index (Phi) is 8.24. The Labute approximate surface area is 178 Å². The number of halogens is 3. The molecule has 1 fully saturated rings. The second kappa shape index (κ2) is 10.9. The Morgan fingerprint density at radius 3 is 2.30 bits per heavy atom. The van der Waals surface area contributed by atoms with Crippen molar-refractivity contribution in [1.29, 1.82) is 0 Å². The molecule has 0 unspecified atom stereocenters. The predicted octanol–water partition coefficient (Wildman–Crippen LogP) is 8.41. The van der Waals surface area contributed by atoms with Crippen molar-refractivity contribution in [1.82, 2.24) is 0 Å². The highest BCUT2D eigenvalue weighted by Crippen LogP contribution is 2.40. The van der Waals surface area contributed by atoms with Crippen LogP contribution in [0.3, 0.4) is 0 Å². The normalized spacial score (nSPS) is 19.1. The number of hydrogen-bond donors (Lipinski definition) is 0. The summed E-state index contributed by atoms with van der Waals surface area (Å²) in [6, 6.07) is 7.67. The molecule has 0 saturated heterocycles. The average molecular weight is 419 g/mol. The highest BCUT2D eigenvalue weighted by Gasteiger charge is 2.25. The van der Waals surface area contributed by atoms with Crippen molar-refractivity contribution in [3.63, 3.8) is 0 Å². The largest absolute Gasteiger partial charge is 0.490 e. The first-order chi connectivity index (χ1) is 14.5. The highest BCUT2D eigenvalue weighted by molar-refractivity contribution is 5.66. The lowest BCUT2D eigenvalue weighted by Gasteiger charge is -2.29. The van der Waals surface area contributed by atoms with Crippen LogP contribution in [0.25, 0.3) is 11.1 Å². The second-order valence-electron chi connectivity index (χ2n) is 8.54. The topological polar surface area (TPSA) is 9.23 Å². The minimum absolute atomic E-state index is 0.0569. The first-order valence-corrected chi connectivity index (χ1v) is 11.5. The molecule has 0 spiro atoms. The van der Waals surface area contributed by atoms with Gasteiger partial charge < -0.3 is 4.74 Å². The molecular formula is C26H33F3O. The molecule has 0 aliphatic heterocycles. The summed E-state index contributed by atoms with van der Waals surface area (Å²) in [6.45, 7) is 4.43. The molecule has 1 aliphatic rings. The first-order valence-electron chi connectivity index (χ1n) is 11.5. The molecular weight excluding hydrogens is 385 g/mol. The molecule has 1 saturated carbocycles. The van der Waals surface area contributed by atoms with E-state index in [1.807, 2.05) is 6.92 Å². The Hall–Kier alpha value is -1.97. The van der Waals surface area contributed by atoms with Crippen molar-refractivity contribution in [2.24, 2.45) is 5.92 Å². The van der Waals surface area contributed by atoms with Gasteiger partial charge in [0.1, 0.15) is 5.82 Å². The third-order valence-electron chi connectivity index (χ3n) is 6.32. The van der Waals surface area contributed by atoms with E-state index in [0.29, 0.717) is 24.2 Å². The maximum Gasteiger partial charge on any atom is 0.201 e. The summed E-state index contributed by atoms with van der Waals surface area (Å²) in [5.74, 6) is -1.47. The van der Waals surface area contributed by atoms with Crippen LogP contribution < -0.4 is 4.74 Å². The molecule has 2 aromatic rings.